The molecule has 1 N–H and O–H groups in total. The van der Waals surface area contributed by atoms with E-state index in [0.717, 1.165) is 42.4 Å². The molecular weight excluding hydrogens is 526 g/mol. The quantitative estimate of drug-likeness (QED) is 0.352. The van der Waals surface area contributed by atoms with Crippen LogP contribution >= 0.6 is 11.8 Å². The number of aliphatic imine (C=N–C) groups is 1. The molecule has 2 aromatic carbocycles. The van der Waals surface area contributed by atoms with Crippen molar-refractivity contribution in [1.82, 2.24) is 9.47 Å². The summed E-state index contributed by atoms with van der Waals surface area (Å²) < 4.78 is 12.4. The largest absolute Gasteiger partial charge is 0.506 e. The van der Waals surface area contributed by atoms with E-state index in [9.17, 15) is 14.7 Å². The van der Waals surface area contributed by atoms with Crippen molar-refractivity contribution in [1.29, 1.82) is 0 Å². The number of methoxy groups -OCH3 is 1. The minimum atomic E-state index is -0.632. The summed E-state index contributed by atoms with van der Waals surface area (Å²) in [4.78, 5) is 33.0. The molecule has 1 aromatic heterocycles. The van der Waals surface area contributed by atoms with E-state index in [2.05, 4.69) is 11.9 Å². The van der Waals surface area contributed by atoms with Gasteiger partial charge in [0.05, 0.1) is 24.3 Å². The summed E-state index contributed by atoms with van der Waals surface area (Å²) in [5.41, 5.74) is 2.41. The second-order valence-electron chi connectivity index (χ2n) is 9.96. The molecule has 1 amide bonds. The van der Waals surface area contributed by atoms with Crippen molar-refractivity contribution in [3.63, 3.8) is 0 Å². The lowest BCUT2D eigenvalue weighted by Gasteiger charge is -2.30. The lowest BCUT2D eigenvalue weighted by molar-refractivity contribution is -0.138. The number of piperidine rings is 1. The van der Waals surface area contributed by atoms with Gasteiger partial charge in [0.1, 0.15) is 28.7 Å². The summed E-state index contributed by atoms with van der Waals surface area (Å²) in [6.07, 6.45) is 5.82. The van der Waals surface area contributed by atoms with Gasteiger partial charge in [-0.05, 0) is 62.1 Å². The van der Waals surface area contributed by atoms with E-state index in [1.807, 2.05) is 46.0 Å². The number of hydrogen-bond acceptors (Lipinski definition) is 7. The van der Waals surface area contributed by atoms with Gasteiger partial charge in [-0.15, -0.1) is 0 Å². The highest BCUT2D eigenvalue weighted by Gasteiger charge is 2.33. The molecule has 40 heavy (non-hydrogen) atoms. The first-order valence-electron chi connectivity index (χ1n) is 13.5. The van der Waals surface area contributed by atoms with Crippen molar-refractivity contribution in [2.75, 3.05) is 26.8 Å². The van der Waals surface area contributed by atoms with Gasteiger partial charge in [0, 0.05) is 35.8 Å². The SMILES string of the molecule is CCOC(=O)C1=C(O)/C(=C/c2cn(CC(=O)N3CCC(C)CC3)c3ccccc23)SC1=Nc1ccc(OC)cc1. The standard InChI is InChI=1S/C31H33N3O5S/c1-4-39-31(37)28-29(36)26(40-30(28)32-22-9-11-23(38-3)12-10-22)17-21-18-34(25-8-6-5-7-24(21)25)19-27(35)33-15-13-20(2)14-16-33/h5-12,17-18,20,36H,4,13-16,19H2,1-3H3/b26-17-,32-30?. The van der Waals surface area contributed by atoms with Crippen molar-refractivity contribution >= 4 is 51.3 Å². The van der Waals surface area contributed by atoms with Crippen LogP contribution in [0.4, 0.5) is 5.69 Å². The fourth-order valence-corrected chi connectivity index (χ4v) is 5.96. The molecule has 5 rings (SSSR count). The molecule has 9 heteroatoms. The molecule has 0 aliphatic carbocycles. The number of carbonyl (C=O) groups is 2. The topological polar surface area (TPSA) is 93.4 Å². The van der Waals surface area contributed by atoms with Gasteiger partial charge >= 0.3 is 5.97 Å². The van der Waals surface area contributed by atoms with Crippen molar-refractivity contribution in [3.8, 4) is 5.75 Å². The van der Waals surface area contributed by atoms with Gasteiger partial charge in [-0.1, -0.05) is 36.9 Å². The Labute approximate surface area is 238 Å². The number of nitrogens with zero attached hydrogens (tertiary/aromatic N) is 3. The number of hydrogen-bond donors (Lipinski definition) is 1. The number of aliphatic hydroxyl groups is 1. The normalized spacial score (nSPS) is 18.2. The van der Waals surface area contributed by atoms with Crippen LogP contribution in [0.5, 0.6) is 5.75 Å². The average molecular weight is 560 g/mol. The molecule has 0 bridgehead atoms. The number of thioether (sulfide) groups is 1. The fourth-order valence-electron chi connectivity index (χ4n) is 4.93. The van der Waals surface area contributed by atoms with Crippen LogP contribution in [-0.2, 0) is 20.9 Å². The van der Waals surface area contributed by atoms with Gasteiger partial charge in [-0.25, -0.2) is 9.79 Å². The van der Waals surface area contributed by atoms with Crippen LogP contribution in [0.3, 0.4) is 0 Å². The Balaban J connectivity index is 1.49. The van der Waals surface area contributed by atoms with Crippen molar-refractivity contribution in [3.05, 3.63) is 76.5 Å². The van der Waals surface area contributed by atoms with E-state index >= 15 is 0 Å². The molecule has 0 radical (unpaired) electrons. The number of benzene rings is 2. The first-order valence-corrected chi connectivity index (χ1v) is 14.3. The predicted molar refractivity (Wildman–Crippen MR) is 159 cm³/mol. The molecule has 0 saturated carbocycles. The van der Waals surface area contributed by atoms with Gasteiger partial charge in [-0.2, -0.15) is 0 Å². The Hall–Kier alpha value is -3.98. The third-order valence-corrected chi connectivity index (χ3v) is 8.24. The second kappa shape index (κ2) is 12.0. The molecule has 2 aliphatic rings. The number of carbonyl (C=O) groups excluding carboxylic acids is 2. The van der Waals surface area contributed by atoms with Gasteiger partial charge in [0.2, 0.25) is 5.91 Å². The summed E-state index contributed by atoms with van der Waals surface area (Å²) in [5, 5.41) is 12.5. The molecule has 1 fully saturated rings. The summed E-state index contributed by atoms with van der Waals surface area (Å²) in [7, 11) is 1.59. The second-order valence-corrected chi connectivity index (χ2v) is 11.0. The van der Waals surface area contributed by atoms with Crippen LogP contribution in [0.25, 0.3) is 17.0 Å². The number of esters is 1. The third-order valence-electron chi connectivity index (χ3n) is 7.22. The minimum Gasteiger partial charge on any atom is -0.506 e. The maximum absolute atomic E-state index is 13.1. The van der Waals surface area contributed by atoms with Gasteiger partial charge in [0.25, 0.3) is 0 Å². The molecule has 8 nitrogen and oxygen atoms in total. The van der Waals surface area contributed by atoms with Crippen molar-refractivity contribution in [2.45, 2.75) is 33.2 Å². The van der Waals surface area contributed by atoms with Crippen LogP contribution in [0.2, 0.25) is 0 Å². The summed E-state index contributed by atoms with van der Waals surface area (Å²) in [5.74, 6) is 0.635. The molecule has 2 aliphatic heterocycles. The number of aliphatic hydroxyl groups excluding tert-OH is 1. The third kappa shape index (κ3) is 5.79. The predicted octanol–water partition coefficient (Wildman–Crippen LogP) is 6.10. The zero-order valence-corrected chi connectivity index (χ0v) is 23.7. The lowest BCUT2D eigenvalue weighted by atomic mass is 9.99. The van der Waals surface area contributed by atoms with E-state index in [1.165, 1.54) is 11.8 Å². The van der Waals surface area contributed by atoms with E-state index in [-0.39, 0.29) is 30.4 Å². The Bertz CT molecular complexity index is 1510. The zero-order valence-electron chi connectivity index (χ0n) is 22.9. The Morgan fingerprint density at radius 2 is 1.85 bits per heavy atom. The maximum atomic E-state index is 13.1. The first-order chi connectivity index (χ1) is 19.4. The molecular formula is C31H33N3O5S. The Morgan fingerprint density at radius 1 is 1.12 bits per heavy atom. The summed E-state index contributed by atoms with van der Waals surface area (Å²) >= 11 is 1.21. The highest BCUT2D eigenvalue weighted by Crippen LogP contribution is 2.41. The summed E-state index contributed by atoms with van der Waals surface area (Å²) in [6.45, 7) is 5.94. The Kier molecular flexibility index (Phi) is 8.30. The maximum Gasteiger partial charge on any atom is 0.344 e. The van der Waals surface area contributed by atoms with Crippen LogP contribution in [0.1, 0.15) is 32.3 Å². The number of fused-ring (bicyclic) bond motifs is 1. The van der Waals surface area contributed by atoms with Gasteiger partial charge < -0.3 is 24.0 Å². The van der Waals surface area contributed by atoms with Crippen molar-refractivity contribution < 1.29 is 24.2 Å². The van der Waals surface area contributed by atoms with Gasteiger partial charge in [0.15, 0.2) is 0 Å². The lowest BCUT2D eigenvalue weighted by Crippen LogP contribution is -2.39. The smallest absolute Gasteiger partial charge is 0.344 e. The van der Waals surface area contributed by atoms with Gasteiger partial charge in [-0.3, -0.25) is 4.79 Å². The van der Waals surface area contributed by atoms with Crippen molar-refractivity contribution in [2.24, 2.45) is 10.9 Å². The fraction of sp³-hybridized carbons (Fsp3) is 0.323. The van der Waals surface area contributed by atoms with E-state index in [1.54, 1.807) is 38.3 Å². The van der Waals surface area contributed by atoms with E-state index < -0.39 is 5.97 Å². The van der Waals surface area contributed by atoms with Crippen LogP contribution in [-0.4, -0.2) is 58.3 Å². The number of rotatable bonds is 7. The monoisotopic (exact) mass is 559 g/mol. The molecule has 0 spiro atoms. The zero-order chi connectivity index (χ0) is 28.2. The van der Waals surface area contributed by atoms with Crippen LogP contribution in [0.15, 0.2) is 76.0 Å². The number of para-hydroxylation sites is 1. The van der Waals surface area contributed by atoms with Crippen LogP contribution in [0, 0.1) is 5.92 Å². The number of ether oxygens (including phenoxy) is 2. The highest BCUT2D eigenvalue weighted by atomic mass is 32.2. The molecule has 0 unspecified atom stereocenters. The molecule has 1 saturated heterocycles. The first kappa shape index (κ1) is 27.6. The highest BCUT2D eigenvalue weighted by molar-refractivity contribution is 8.18. The molecule has 208 valence electrons. The average Bonchev–Trinajstić information content (AvgIpc) is 3.46. The Morgan fingerprint density at radius 3 is 2.55 bits per heavy atom. The number of amides is 1. The van der Waals surface area contributed by atoms with E-state index in [0.29, 0.717) is 27.3 Å². The van der Waals surface area contributed by atoms with Crippen LogP contribution < -0.4 is 4.74 Å². The molecule has 3 heterocycles. The number of aromatic nitrogens is 1. The number of likely N-dealkylation sites (tertiary alicyclic amines) is 1. The molecule has 3 aromatic rings. The summed E-state index contributed by atoms with van der Waals surface area (Å²) in [6, 6.07) is 15.0. The minimum absolute atomic E-state index is 0.0344. The van der Waals surface area contributed by atoms with E-state index in [4.69, 9.17) is 9.47 Å². The molecule has 0 atom stereocenters.